The molecule has 2 N–H and O–H groups in total. The zero-order chi connectivity index (χ0) is 14.4. The number of rotatable bonds is 6. The maximum atomic E-state index is 11.5. The smallest absolute Gasteiger partial charge is 0.161 e. The predicted octanol–water partition coefficient (Wildman–Crippen LogP) is 2.58. The summed E-state index contributed by atoms with van der Waals surface area (Å²) in [5.74, 6) is 0.251. The van der Waals surface area contributed by atoms with E-state index in [0.717, 1.165) is 0 Å². The molecule has 0 heterocycles. The molecule has 0 radical (unpaired) electrons. The van der Waals surface area contributed by atoms with Gasteiger partial charge in [0.25, 0.3) is 0 Å². The molecule has 0 aliphatic heterocycles. The van der Waals surface area contributed by atoms with Crippen molar-refractivity contribution in [2.24, 2.45) is 5.92 Å². The van der Waals surface area contributed by atoms with Crippen LogP contribution in [0.5, 0.6) is 0 Å². The SMILES string of the molecule is CC(=O)c1ccc(C#N)cc1NCC(C)CC(C)O. The number of benzene rings is 1. The molecule has 0 spiro atoms. The maximum absolute atomic E-state index is 11.5. The number of hydrogen-bond donors (Lipinski definition) is 2. The van der Waals surface area contributed by atoms with Crippen LogP contribution in [0.3, 0.4) is 0 Å². The largest absolute Gasteiger partial charge is 0.393 e. The highest BCUT2D eigenvalue weighted by atomic mass is 16.3. The first-order chi connectivity index (χ1) is 8.93. The van der Waals surface area contributed by atoms with E-state index in [9.17, 15) is 9.90 Å². The van der Waals surface area contributed by atoms with E-state index in [1.807, 2.05) is 6.92 Å². The van der Waals surface area contributed by atoms with Crippen LogP contribution in [-0.4, -0.2) is 23.5 Å². The van der Waals surface area contributed by atoms with Gasteiger partial charge in [-0.3, -0.25) is 4.79 Å². The third kappa shape index (κ3) is 4.72. The molecule has 4 nitrogen and oxygen atoms in total. The monoisotopic (exact) mass is 260 g/mol. The van der Waals surface area contributed by atoms with Gasteiger partial charge < -0.3 is 10.4 Å². The summed E-state index contributed by atoms with van der Waals surface area (Å²) in [7, 11) is 0. The minimum absolute atomic E-state index is 0.0323. The molecule has 0 aliphatic rings. The second-order valence-electron chi connectivity index (χ2n) is 5.00. The summed E-state index contributed by atoms with van der Waals surface area (Å²) in [6.45, 7) is 5.95. The molecule has 0 amide bonds. The summed E-state index contributed by atoms with van der Waals surface area (Å²) >= 11 is 0. The van der Waals surface area contributed by atoms with Crippen molar-refractivity contribution < 1.29 is 9.90 Å². The first-order valence-corrected chi connectivity index (χ1v) is 6.41. The van der Waals surface area contributed by atoms with Crippen molar-refractivity contribution in [3.63, 3.8) is 0 Å². The molecule has 4 heteroatoms. The van der Waals surface area contributed by atoms with Crippen LogP contribution in [0.15, 0.2) is 18.2 Å². The standard InChI is InChI=1S/C15H20N2O2/c1-10(6-11(2)18)9-17-15-7-13(8-16)4-5-14(15)12(3)19/h4-5,7,10-11,17-18H,6,9H2,1-3H3. The van der Waals surface area contributed by atoms with Crippen molar-refractivity contribution in [1.82, 2.24) is 0 Å². The topological polar surface area (TPSA) is 73.1 Å². The highest BCUT2D eigenvalue weighted by molar-refractivity contribution is 5.99. The number of nitrogens with one attached hydrogen (secondary N) is 1. The number of Topliss-reactive ketones (excluding diaryl/α,β-unsaturated/α-hetero) is 1. The Morgan fingerprint density at radius 3 is 2.68 bits per heavy atom. The fourth-order valence-electron chi connectivity index (χ4n) is 2.02. The number of carbonyl (C=O) groups excluding carboxylic acids is 1. The summed E-state index contributed by atoms with van der Waals surface area (Å²) in [5, 5.41) is 21.4. The number of hydrogen-bond acceptors (Lipinski definition) is 4. The lowest BCUT2D eigenvalue weighted by Crippen LogP contribution is -2.17. The molecular formula is C15H20N2O2. The van der Waals surface area contributed by atoms with Gasteiger partial charge in [0.05, 0.1) is 17.7 Å². The number of carbonyl (C=O) groups is 1. The Labute approximate surface area is 114 Å². The molecule has 0 fully saturated rings. The highest BCUT2D eigenvalue weighted by Gasteiger charge is 2.10. The van der Waals surface area contributed by atoms with Crippen LogP contribution in [0.2, 0.25) is 0 Å². The normalized spacial score (nSPS) is 13.4. The van der Waals surface area contributed by atoms with Crippen LogP contribution in [0.4, 0.5) is 5.69 Å². The predicted molar refractivity (Wildman–Crippen MR) is 75.1 cm³/mol. The van der Waals surface area contributed by atoms with Crippen molar-refractivity contribution in [2.45, 2.75) is 33.3 Å². The Kier molecular flexibility index (Phi) is 5.53. The van der Waals surface area contributed by atoms with E-state index >= 15 is 0 Å². The van der Waals surface area contributed by atoms with Gasteiger partial charge in [-0.25, -0.2) is 0 Å². The molecular weight excluding hydrogens is 240 g/mol. The summed E-state index contributed by atoms with van der Waals surface area (Å²) in [6.07, 6.45) is 0.356. The van der Waals surface area contributed by atoms with E-state index in [1.54, 1.807) is 25.1 Å². The van der Waals surface area contributed by atoms with Gasteiger partial charge in [-0.1, -0.05) is 6.92 Å². The lowest BCUT2D eigenvalue weighted by Gasteiger charge is -2.16. The van der Waals surface area contributed by atoms with Crippen molar-refractivity contribution in [2.75, 3.05) is 11.9 Å². The second-order valence-corrected chi connectivity index (χ2v) is 5.00. The number of ketones is 1. The molecule has 102 valence electrons. The second kappa shape index (κ2) is 6.91. The Balaban J connectivity index is 2.81. The number of aliphatic hydroxyl groups excluding tert-OH is 1. The van der Waals surface area contributed by atoms with Gasteiger partial charge in [0, 0.05) is 17.8 Å². The number of nitriles is 1. The van der Waals surface area contributed by atoms with E-state index < -0.39 is 0 Å². The van der Waals surface area contributed by atoms with Crippen LogP contribution in [-0.2, 0) is 0 Å². The quantitative estimate of drug-likeness (QED) is 0.771. The summed E-state index contributed by atoms with van der Waals surface area (Å²) < 4.78 is 0. The average Bonchev–Trinajstić information content (AvgIpc) is 2.34. The maximum Gasteiger partial charge on any atom is 0.161 e. The summed E-state index contributed by atoms with van der Waals surface area (Å²) in [4.78, 5) is 11.5. The van der Waals surface area contributed by atoms with Crippen LogP contribution >= 0.6 is 0 Å². The van der Waals surface area contributed by atoms with Crippen LogP contribution in [0.1, 0.15) is 43.1 Å². The third-order valence-corrected chi connectivity index (χ3v) is 2.91. The van der Waals surface area contributed by atoms with Crippen molar-refractivity contribution in [3.8, 4) is 6.07 Å². The number of anilines is 1. The van der Waals surface area contributed by atoms with Gasteiger partial charge in [0.15, 0.2) is 5.78 Å². The van der Waals surface area contributed by atoms with E-state index in [1.165, 1.54) is 6.92 Å². The molecule has 0 aromatic heterocycles. The van der Waals surface area contributed by atoms with Crippen LogP contribution in [0.25, 0.3) is 0 Å². The molecule has 1 rings (SSSR count). The van der Waals surface area contributed by atoms with Gasteiger partial charge >= 0.3 is 0 Å². The van der Waals surface area contributed by atoms with E-state index in [-0.39, 0.29) is 17.8 Å². The lowest BCUT2D eigenvalue weighted by atomic mass is 10.0. The Hall–Kier alpha value is -1.86. The Morgan fingerprint density at radius 1 is 1.47 bits per heavy atom. The molecule has 0 aliphatic carbocycles. The molecule has 0 saturated carbocycles. The lowest BCUT2D eigenvalue weighted by molar-refractivity contribution is 0.101. The molecule has 1 aromatic carbocycles. The molecule has 1 aromatic rings. The van der Waals surface area contributed by atoms with E-state index in [0.29, 0.717) is 29.8 Å². The van der Waals surface area contributed by atoms with Gasteiger partial charge in [-0.05, 0) is 44.4 Å². The molecule has 0 saturated heterocycles. The van der Waals surface area contributed by atoms with Gasteiger partial charge in [0.2, 0.25) is 0 Å². The first kappa shape index (κ1) is 15.2. The zero-order valence-corrected chi connectivity index (χ0v) is 11.6. The zero-order valence-electron chi connectivity index (χ0n) is 11.6. The molecule has 2 atom stereocenters. The fourth-order valence-corrected chi connectivity index (χ4v) is 2.02. The Bertz CT molecular complexity index is 489. The number of aliphatic hydroxyl groups is 1. The van der Waals surface area contributed by atoms with Crippen molar-refractivity contribution >= 4 is 11.5 Å². The van der Waals surface area contributed by atoms with Gasteiger partial charge in [-0.15, -0.1) is 0 Å². The van der Waals surface area contributed by atoms with E-state index in [4.69, 9.17) is 5.26 Å². The van der Waals surface area contributed by atoms with Crippen LogP contribution < -0.4 is 5.32 Å². The van der Waals surface area contributed by atoms with Crippen molar-refractivity contribution in [1.29, 1.82) is 5.26 Å². The minimum atomic E-state index is -0.338. The molecule has 19 heavy (non-hydrogen) atoms. The van der Waals surface area contributed by atoms with E-state index in [2.05, 4.69) is 11.4 Å². The summed E-state index contributed by atoms with van der Waals surface area (Å²) in [5.41, 5.74) is 1.79. The Morgan fingerprint density at radius 2 is 2.16 bits per heavy atom. The highest BCUT2D eigenvalue weighted by Crippen LogP contribution is 2.19. The third-order valence-electron chi connectivity index (χ3n) is 2.91. The number of nitrogens with zero attached hydrogens (tertiary/aromatic N) is 1. The first-order valence-electron chi connectivity index (χ1n) is 6.41. The van der Waals surface area contributed by atoms with Gasteiger partial charge in [-0.2, -0.15) is 5.26 Å². The van der Waals surface area contributed by atoms with Gasteiger partial charge in [0.1, 0.15) is 0 Å². The summed E-state index contributed by atoms with van der Waals surface area (Å²) in [6, 6.07) is 7.06. The molecule has 0 bridgehead atoms. The minimum Gasteiger partial charge on any atom is -0.393 e. The average molecular weight is 260 g/mol. The molecule has 2 unspecified atom stereocenters. The fraction of sp³-hybridized carbons (Fsp3) is 0.467. The van der Waals surface area contributed by atoms with Crippen LogP contribution in [0, 0.1) is 17.2 Å². The van der Waals surface area contributed by atoms with Crippen molar-refractivity contribution in [3.05, 3.63) is 29.3 Å².